The quantitative estimate of drug-likeness (QED) is 0.309. The van der Waals surface area contributed by atoms with Crippen molar-refractivity contribution in [2.45, 2.75) is 38.8 Å². The summed E-state index contributed by atoms with van der Waals surface area (Å²) in [5.41, 5.74) is 4.43. The highest BCUT2D eigenvalue weighted by Crippen LogP contribution is 2.30. The summed E-state index contributed by atoms with van der Waals surface area (Å²) in [5.74, 6) is -0.0769. The Morgan fingerprint density at radius 3 is 2.57 bits per heavy atom. The largest absolute Gasteiger partial charge is 0.355 e. The van der Waals surface area contributed by atoms with Crippen LogP contribution in [-0.4, -0.2) is 44.0 Å². The van der Waals surface area contributed by atoms with Gasteiger partial charge in [0.15, 0.2) is 0 Å². The van der Waals surface area contributed by atoms with E-state index in [1.165, 1.54) is 0 Å². The summed E-state index contributed by atoms with van der Waals surface area (Å²) < 4.78 is 4.24. The van der Waals surface area contributed by atoms with Crippen molar-refractivity contribution in [2.75, 3.05) is 7.05 Å². The first kappa shape index (κ1) is 28.2. The molecule has 42 heavy (non-hydrogen) atoms. The normalized spacial score (nSPS) is 17.9. The van der Waals surface area contributed by atoms with Gasteiger partial charge in [0.25, 0.3) is 17.4 Å². The highest BCUT2D eigenvalue weighted by atomic mass is 79.9. The number of fused-ring (bicyclic) bond motifs is 3. The van der Waals surface area contributed by atoms with E-state index >= 15 is 0 Å². The van der Waals surface area contributed by atoms with Crippen LogP contribution in [0, 0.1) is 5.92 Å². The smallest absolute Gasteiger partial charge is 0.261 e. The second-order valence-corrected chi connectivity index (χ2v) is 12.0. The van der Waals surface area contributed by atoms with E-state index in [2.05, 4.69) is 33.4 Å². The van der Waals surface area contributed by atoms with Crippen LogP contribution >= 0.6 is 27.5 Å². The summed E-state index contributed by atoms with van der Waals surface area (Å²) in [6.45, 7) is 2.18. The maximum absolute atomic E-state index is 14.3. The molecule has 1 aliphatic carbocycles. The monoisotopic (exact) mass is 645 g/mol. The Bertz CT molecular complexity index is 1840. The summed E-state index contributed by atoms with van der Waals surface area (Å²) in [4.78, 5) is 41.9. The lowest BCUT2D eigenvalue weighted by Crippen LogP contribution is -2.46. The molecular weight excluding hydrogens is 618 g/mol. The summed E-state index contributed by atoms with van der Waals surface area (Å²) >= 11 is 9.69. The first-order valence-electron chi connectivity index (χ1n) is 13.8. The lowest BCUT2D eigenvalue weighted by molar-refractivity contribution is 0.0651. The van der Waals surface area contributed by atoms with Gasteiger partial charge in [0.05, 0.1) is 29.1 Å². The van der Waals surface area contributed by atoms with Crippen molar-refractivity contribution < 1.29 is 9.59 Å². The Hall–Kier alpha value is -3.95. The van der Waals surface area contributed by atoms with E-state index in [4.69, 9.17) is 16.7 Å². The van der Waals surface area contributed by atoms with Gasteiger partial charge in [-0.25, -0.2) is 4.52 Å². The minimum atomic E-state index is -0.226. The number of benzene rings is 2. The van der Waals surface area contributed by atoms with Crippen molar-refractivity contribution in [3.63, 3.8) is 0 Å². The number of halogens is 2. The maximum atomic E-state index is 14.3. The SMILES string of the molecule is CNC(=O)c1ccc(-n2c(=O)c3c(n4ncc(CC5C=CC=CC5)c24)CN(C(=O)c2ccc(Br)c(Cl)c2)[C@H](C)C3)cc1. The fourth-order valence-electron chi connectivity index (χ4n) is 5.81. The number of carbonyl (C=O) groups is 2. The van der Waals surface area contributed by atoms with Gasteiger partial charge < -0.3 is 10.2 Å². The van der Waals surface area contributed by atoms with Crippen LogP contribution in [0.3, 0.4) is 0 Å². The van der Waals surface area contributed by atoms with Crippen LogP contribution < -0.4 is 10.9 Å². The van der Waals surface area contributed by atoms with Crippen molar-refractivity contribution in [2.24, 2.45) is 5.92 Å². The van der Waals surface area contributed by atoms with E-state index < -0.39 is 0 Å². The Kier molecular flexibility index (Phi) is 7.64. The van der Waals surface area contributed by atoms with Crippen molar-refractivity contribution in [3.05, 3.63) is 121 Å². The lowest BCUT2D eigenvalue weighted by atomic mass is 9.94. The van der Waals surface area contributed by atoms with E-state index in [9.17, 15) is 14.4 Å². The number of aromatic nitrogens is 3. The van der Waals surface area contributed by atoms with Gasteiger partial charge >= 0.3 is 0 Å². The van der Waals surface area contributed by atoms with Gasteiger partial charge in [-0.1, -0.05) is 35.9 Å². The molecule has 1 N–H and O–H groups in total. The molecule has 0 radical (unpaired) electrons. The molecular formula is C32H29BrClN5O3. The molecule has 0 saturated heterocycles. The Balaban J connectivity index is 1.49. The Labute approximate surface area is 256 Å². The predicted octanol–water partition coefficient (Wildman–Crippen LogP) is 5.52. The van der Waals surface area contributed by atoms with Crippen LogP contribution in [0.1, 0.15) is 50.9 Å². The molecule has 2 aromatic carbocycles. The van der Waals surface area contributed by atoms with Gasteiger partial charge in [0.1, 0.15) is 5.65 Å². The standard InChI is InChI=1S/C32H29BrClN5O3/c1-19-14-25-28(18-37(19)31(41)22-10-13-26(33)27(34)16-22)39-30(23(17-36-39)15-20-6-4-3-5-7-20)38(32(25)42)24-11-8-21(9-12-24)29(40)35-2/h3-6,8-13,16-17,19-20H,7,14-15,18H2,1-2H3,(H,35,40)/t19-,20?/m1/s1. The van der Waals surface area contributed by atoms with Gasteiger partial charge in [-0.3, -0.25) is 19.0 Å². The number of carbonyl (C=O) groups excluding carboxylic acids is 2. The number of rotatable bonds is 5. The lowest BCUT2D eigenvalue weighted by Gasteiger charge is -2.35. The van der Waals surface area contributed by atoms with Crippen molar-refractivity contribution in [1.29, 1.82) is 0 Å². The summed E-state index contributed by atoms with van der Waals surface area (Å²) in [6, 6.07) is 11.9. The maximum Gasteiger partial charge on any atom is 0.261 e. The van der Waals surface area contributed by atoms with E-state index in [-0.39, 0.29) is 35.9 Å². The molecule has 214 valence electrons. The molecule has 3 heterocycles. The van der Waals surface area contributed by atoms with E-state index in [1.807, 2.05) is 29.8 Å². The first-order chi connectivity index (χ1) is 20.3. The van der Waals surface area contributed by atoms with Crippen LogP contribution in [0.15, 0.2) is 82.2 Å². The van der Waals surface area contributed by atoms with Crippen LogP contribution in [0.25, 0.3) is 11.3 Å². The van der Waals surface area contributed by atoms with Crippen molar-refractivity contribution >= 4 is 45.0 Å². The van der Waals surface area contributed by atoms with E-state index in [1.54, 1.807) is 59.0 Å². The number of allylic oxidation sites excluding steroid dienone is 4. The summed E-state index contributed by atoms with van der Waals surface area (Å²) in [6.07, 6.45) is 12.2. The van der Waals surface area contributed by atoms with Crippen molar-refractivity contribution in [1.82, 2.24) is 24.4 Å². The van der Waals surface area contributed by atoms with Gasteiger partial charge in [-0.2, -0.15) is 5.10 Å². The average Bonchev–Trinajstić information content (AvgIpc) is 3.41. The Morgan fingerprint density at radius 1 is 1.12 bits per heavy atom. The van der Waals surface area contributed by atoms with Gasteiger partial charge in [0.2, 0.25) is 0 Å². The number of nitrogens with zero attached hydrogens (tertiary/aromatic N) is 4. The third-order valence-corrected chi connectivity index (χ3v) is 9.27. The van der Waals surface area contributed by atoms with E-state index in [0.29, 0.717) is 51.6 Å². The molecule has 0 bridgehead atoms. The molecule has 1 aliphatic heterocycles. The third kappa shape index (κ3) is 5.01. The molecule has 1 unspecified atom stereocenters. The molecule has 2 aromatic heterocycles. The molecule has 10 heteroatoms. The van der Waals surface area contributed by atoms with Crippen LogP contribution in [0.4, 0.5) is 0 Å². The fourth-order valence-corrected chi connectivity index (χ4v) is 6.23. The van der Waals surface area contributed by atoms with E-state index in [0.717, 1.165) is 16.5 Å². The number of amides is 2. The molecule has 2 aliphatic rings. The third-order valence-electron chi connectivity index (χ3n) is 8.04. The minimum absolute atomic E-state index is 0.142. The van der Waals surface area contributed by atoms with Crippen molar-refractivity contribution in [3.8, 4) is 5.69 Å². The fraction of sp³-hybridized carbons (Fsp3) is 0.250. The molecule has 8 nitrogen and oxygen atoms in total. The highest BCUT2D eigenvalue weighted by Gasteiger charge is 2.33. The topological polar surface area (TPSA) is 88.7 Å². The molecule has 0 spiro atoms. The predicted molar refractivity (Wildman–Crippen MR) is 166 cm³/mol. The summed E-state index contributed by atoms with van der Waals surface area (Å²) in [5, 5.41) is 7.88. The highest BCUT2D eigenvalue weighted by molar-refractivity contribution is 9.10. The van der Waals surface area contributed by atoms with Crippen LogP contribution in [0.2, 0.25) is 5.02 Å². The number of hydrogen-bond donors (Lipinski definition) is 1. The number of nitrogens with one attached hydrogen (secondary N) is 1. The Morgan fingerprint density at radius 2 is 1.88 bits per heavy atom. The molecule has 6 rings (SSSR count). The van der Waals surface area contributed by atoms with Gasteiger partial charge in [-0.15, -0.1) is 0 Å². The zero-order valence-electron chi connectivity index (χ0n) is 23.2. The van der Waals surface area contributed by atoms with Gasteiger partial charge in [-0.05, 0) is 90.5 Å². The molecule has 0 fully saturated rings. The van der Waals surface area contributed by atoms with Crippen LogP contribution in [-0.2, 0) is 19.4 Å². The number of hydrogen-bond acceptors (Lipinski definition) is 4. The molecule has 2 atom stereocenters. The average molecular weight is 647 g/mol. The van der Waals surface area contributed by atoms with Gasteiger partial charge in [0, 0.05) is 39.8 Å². The molecule has 0 saturated carbocycles. The molecule has 2 amide bonds. The zero-order valence-corrected chi connectivity index (χ0v) is 25.5. The second kappa shape index (κ2) is 11.4. The second-order valence-electron chi connectivity index (χ2n) is 10.7. The molecule has 4 aromatic rings. The summed E-state index contributed by atoms with van der Waals surface area (Å²) in [7, 11) is 1.59. The zero-order chi connectivity index (χ0) is 29.5. The minimum Gasteiger partial charge on any atom is -0.355 e. The first-order valence-corrected chi connectivity index (χ1v) is 15.0. The van der Waals surface area contributed by atoms with Crippen LogP contribution in [0.5, 0.6) is 0 Å².